The second kappa shape index (κ2) is 5.41. The molecule has 0 radical (unpaired) electrons. The summed E-state index contributed by atoms with van der Waals surface area (Å²) in [5.74, 6) is 0. The van der Waals surface area contributed by atoms with E-state index in [9.17, 15) is 0 Å². The van der Waals surface area contributed by atoms with Crippen LogP contribution in [0.2, 0.25) is 0 Å². The Labute approximate surface area is 80.7 Å². The van der Waals surface area contributed by atoms with Crippen LogP contribution < -0.4 is 0 Å². The zero-order chi connectivity index (χ0) is 9.52. The van der Waals surface area contributed by atoms with E-state index in [-0.39, 0.29) is 0 Å². The largest absolute Gasteiger partial charge is 0.291 e. The molecular weight excluding hydrogens is 158 g/mol. The third-order valence-corrected chi connectivity index (χ3v) is 1.93. The van der Waals surface area contributed by atoms with E-state index in [1.165, 1.54) is 18.4 Å². The molecule has 0 amide bonds. The standard InChI is InChI=1S/C12H17N/c1-3-4-10-13(2)11-12-8-6-5-7-9-12/h5-9,11H,2-4,10H2,1H3. The van der Waals surface area contributed by atoms with Crippen molar-refractivity contribution in [3.05, 3.63) is 42.4 Å². The van der Waals surface area contributed by atoms with Gasteiger partial charge in [0.1, 0.15) is 6.54 Å². The topological polar surface area (TPSA) is 3.01 Å². The molecule has 1 aromatic rings. The number of hydrogen-bond donors (Lipinski definition) is 0. The number of rotatable bonds is 5. The number of benzene rings is 1. The molecule has 0 saturated carbocycles. The van der Waals surface area contributed by atoms with E-state index in [0.717, 1.165) is 6.54 Å². The molecule has 0 fully saturated rings. The molecule has 0 aliphatic heterocycles. The average Bonchev–Trinajstić information content (AvgIpc) is 2.16. The molecule has 70 valence electrons. The van der Waals surface area contributed by atoms with E-state index in [1.54, 1.807) is 0 Å². The highest BCUT2D eigenvalue weighted by molar-refractivity contribution is 5.22. The Hall–Kier alpha value is -1.24. The zero-order valence-corrected chi connectivity index (χ0v) is 8.24. The SMILES string of the molecule is C=[N+]([CH-]c1ccccc1)CCCC. The van der Waals surface area contributed by atoms with Crippen molar-refractivity contribution in [2.45, 2.75) is 19.8 Å². The van der Waals surface area contributed by atoms with Crippen LogP contribution in [-0.4, -0.2) is 17.8 Å². The maximum absolute atomic E-state index is 3.95. The van der Waals surface area contributed by atoms with Crippen molar-refractivity contribution in [3.8, 4) is 0 Å². The van der Waals surface area contributed by atoms with Crippen molar-refractivity contribution < 1.29 is 4.58 Å². The number of hydrogen-bond acceptors (Lipinski definition) is 0. The average molecular weight is 175 g/mol. The lowest BCUT2D eigenvalue weighted by Gasteiger charge is -2.06. The molecular formula is C12H17N. The molecule has 0 saturated heterocycles. The predicted octanol–water partition coefficient (Wildman–Crippen LogP) is 2.71. The Morgan fingerprint density at radius 2 is 2.00 bits per heavy atom. The Morgan fingerprint density at radius 1 is 1.31 bits per heavy atom. The molecule has 1 aromatic carbocycles. The van der Waals surface area contributed by atoms with Crippen molar-refractivity contribution in [3.63, 3.8) is 0 Å². The summed E-state index contributed by atoms with van der Waals surface area (Å²) in [5, 5.41) is 0. The molecule has 0 aliphatic carbocycles. The van der Waals surface area contributed by atoms with Gasteiger partial charge >= 0.3 is 0 Å². The molecule has 0 aliphatic rings. The minimum absolute atomic E-state index is 1.03. The molecule has 1 rings (SSSR count). The van der Waals surface area contributed by atoms with Crippen LogP contribution >= 0.6 is 0 Å². The third-order valence-electron chi connectivity index (χ3n) is 1.93. The van der Waals surface area contributed by atoms with Crippen LogP contribution in [0.15, 0.2) is 30.3 Å². The maximum Gasteiger partial charge on any atom is 0.130 e. The van der Waals surface area contributed by atoms with Gasteiger partial charge in [0.15, 0.2) is 0 Å². The summed E-state index contributed by atoms with van der Waals surface area (Å²) in [6.45, 7) is 9.25. The minimum Gasteiger partial charge on any atom is -0.291 e. The van der Waals surface area contributed by atoms with Gasteiger partial charge in [-0.15, -0.1) is 24.3 Å². The number of unbranched alkanes of at least 4 members (excludes halogenated alkanes) is 1. The quantitative estimate of drug-likeness (QED) is 0.368. The lowest BCUT2D eigenvalue weighted by molar-refractivity contribution is -0.473. The van der Waals surface area contributed by atoms with E-state index < -0.39 is 0 Å². The monoisotopic (exact) mass is 175 g/mol. The fourth-order valence-electron chi connectivity index (χ4n) is 1.18. The van der Waals surface area contributed by atoms with Crippen LogP contribution in [0.4, 0.5) is 0 Å². The fourth-order valence-corrected chi connectivity index (χ4v) is 1.18. The van der Waals surface area contributed by atoms with Gasteiger partial charge in [-0.2, -0.15) is 0 Å². The molecule has 0 N–H and O–H groups in total. The van der Waals surface area contributed by atoms with Gasteiger partial charge in [0.2, 0.25) is 0 Å². The Bertz CT molecular complexity index is 251. The highest BCUT2D eigenvalue weighted by Crippen LogP contribution is 2.02. The molecule has 0 atom stereocenters. The minimum atomic E-state index is 1.03. The fraction of sp³-hybridized carbons (Fsp3) is 0.333. The van der Waals surface area contributed by atoms with Crippen molar-refractivity contribution in [1.29, 1.82) is 0 Å². The van der Waals surface area contributed by atoms with Crippen LogP contribution in [0.5, 0.6) is 0 Å². The highest BCUT2D eigenvalue weighted by atomic mass is 15.0. The molecule has 0 unspecified atom stereocenters. The van der Waals surface area contributed by atoms with E-state index in [4.69, 9.17) is 0 Å². The van der Waals surface area contributed by atoms with Crippen LogP contribution in [0.1, 0.15) is 25.3 Å². The van der Waals surface area contributed by atoms with Gasteiger partial charge < -0.3 is 0 Å². The van der Waals surface area contributed by atoms with Gasteiger partial charge in [-0.05, 0) is 0 Å². The van der Waals surface area contributed by atoms with Crippen LogP contribution in [0.25, 0.3) is 0 Å². The van der Waals surface area contributed by atoms with Gasteiger partial charge in [-0.3, -0.25) is 4.58 Å². The first-order chi connectivity index (χ1) is 6.33. The Kier molecular flexibility index (Phi) is 4.10. The summed E-state index contributed by atoms with van der Waals surface area (Å²) in [5.41, 5.74) is 1.22. The second-order valence-electron chi connectivity index (χ2n) is 3.21. The summed E-state index contributed by atoms with van der Waals surface area (Å²) in [6, 6.07) is 10.3. The molecule has 0 bridgehead atoms. The smallest absolute Gasteiger partial charge is 0.130 e. The summed E-state index contributed by atoms with van der Waals surface area (Å²) < 4.78 is 2.00. The predicted molar refractivity (Wildman–Crippen MR) is 57.0 cm³/mol. The normalized spacial score (nSPS) is 9.62. The van der Waals surface area contributed by atoms with E-state index in [2.05, 4.69) is 32.3 Å². The molecule has 1 nitrogen and oxygen atoms in total. The van der Waals surface area contributed by atoms with Crippen molar-refractivity contribution in [2.75, 3.05) is 6.54 Å². The van der Waals surface area contributed by atoms with Crippen LogP contribution in [0.3, 0.4) is 0 Å². The van der Waals surface area contributed by atoms with E-state index in [1.807, 2.05) is 22.8 Å². The van der Waals surface area contributed by atoms with Gasteiger partial charge in [0.05, 0.1) is 13.3 Å². The van der Waals surface area contributed by atoms with Crippen molar-refractivity contribution in [2.24, 2.45) is 0 Å². The molecule has 0 heterocycles. The van der Waals surface area contributed by atoms with Gasteiger partial charge in [-0.1, -0.05) is 25.0 Å². The first-order valence-corrected chi connectivity index (χ1v) is 4.80. The highest BCUT2D eigenvalue weighted by Gasteiger charge is 1.95. The van der Waals surface area contributed by atoms with Gasteiger partial charge in [0.25, 0.3) is 0 Å². The summed E-state index contributed by atoms with van der Waals surface area (Å²) in [4.78, 5) is 0. The lowest BCUT2D eigenvalue weighted by atomic mass is 10.2. The first kappa shape index (κ1) is 9.85. The van der Waals surface area contributed by atoms with E-state index in [0.29, 0.717) is 0 Å². The zero-order valence-electron chi connectivity index (χ0n) is 8.24. The van der Waals surface area contributed by atoms with Crippen molar-refractivity contribution >= 4 is 6.72 Å². The van der Waals surface area contributed by atoms with Crippen LogP contribution in [-0.2, 0) is 0 Å². The Morgan fingerprint density at radius 3 is 2.62 bits per heavy atom. The maximum atomic E-state index is 3.95. The van der Waals surface area contributed by atoms with Crippen LogP contribution in [0, 0.1) is 6.54 Å². The van der Waals surface area contributed by atoms with Gasteiger partial charge in [-0.25, -0.2) is 0 Å². The summed E-state index contributed by atoms with van der Waals surface area (Å²) in [7, 11) is 0. The van der Waals surface area contributed by atoms with E-state index >= 15 is 0 Å². The first-order valence-electron chi connectivity index (χ1n) is 4.80. The van der Waals surface area contributed by atoms with Gasteiger partial charge in [0, 0.05) is 6.42 Å². The summed E-state index contributed by atoms with van der Waals surface area (Å²) in [6.07, 6.45) is 2.42. The molecule has 1 heteroatoms. The third kappa shape index (κ3) is 3.79. The number of nitrogens with zero attached hydrogens (tertiary/aromatic N) is 1. The lowest BCUT2D eigenvalue weighted by Crippen LogP contribution is -2.08. The molecule has 13 heavy (non-hydrogen) atoms. The molecule has 0 aromatic heterocycles. The summed E-state index contributed by atoms with van der Waals surface area (Å²) >= 11 is 0. The molecule has 0 spiro atoms. The van der Waals surface area contributed by atoms with Crippen molar-refractivity contribution in [1.82, 2.24) is 0 Å². The Balaban J connectivity index is 2.37. The second-order valence-corrected chi connectivity index (χ2v) is 3.21.